The van der Waals surface area contributed by atoms with Crippen LogP contribution in [0.25, 0.3) is 6.08 Å². The van der Waals surface area contributed by atoms with Gasteiger partial charge < -0.3 is 14.2 Å². The number of ketones is 1. The monoisotopic (exact) mass is 420 g/mol. The van der Waals surface area contributed by atoms with Gasteiger partial charge in [-0.25, -0.2) is 4.79 Å². The minimum atomic E-state index is -0.527. The number of halogens is 1. The minimum absolute atomic E-state index is 0.204. The van der Waals surface area contributed by atoms with E-state index in [1.54, 1.807) is 42.5 Å². The summed E-state index contributed by atoms with van der Waals surface area (Å²) >= 11 is 5.84. The molecular weight excluding hydrogens is 404 g/mol. The lowest BCUT2D eigenvalue weighted by molar-refractivity contribution is 0.0734. The zero-order chi connectivity index (χ0) is 21.1. The summed E-state index contributed by atoms with van der Waals surface area (Å²) in [5.41, 5.74) is 1.59. The summed E-state index contributed by atoms with van der Waals surface area (Å²) in [4.78, 5) is 24.9. The van der Waals surface area contributed by atoms with Gasteiger partial charge in [0.15, 0.2) is 5.76 Å². The highest BCUT2D eigenvalue weighted by atomic mass is 35.5. The predicted octanol–water partition coefficient (Wildman–Crippen LogP) is 5.57. The second kappa shape index (κ2) is 8.43. The molecule has 6 heteroatoms. The van der Waals surface area contributed by atoms with Gasteiger partial charge in [0.2, 0.25) is 5.78 Å². The topological polar surface area (TPSA) is 61.8 Å². The smallest absolute Gasteiger partial charge is 0.343 e. The van der Waals surface area contributed by atoms with Crippen LogP contribution in [0, 0.1) is 0 Å². The van der Waals surface area contributed by atoms with Crippen LogP contribution in [0.2, 0.25) is 5.02 Å². The van der Waals surface area contributed by atoms with Crippen LogP contribution in [0.1, 0.15) is 33.2 Å². The number of fused-ring (bicyclic) bond motifs is 1. The molecule has 5 nitrogen and oxygen atoms in total. The molecule has 0 radical (unpaired) electrons. The zero-order valence-electron chi connectivity index (χ0n) is 16.1. The van der Waals surface area contributed by atoms with Gasteiger partial charge in [0, 0.05) is 11.1 Å². The van der Waals surface area contributed by atoms with Gasteiger partial charge in [-0.1, -0.05) is 23.7 Å². The van der Waals surface area contributed by atoms with Crippen molar-refractivity contribution in [3.63, 3.8) is 0 Å². The van der Waals surface area contributed by atoms with E-state index in [0.717, 1.165) is 11.3 Å². The van der Waals surface area contributed by atoms with Gasteiger partial charge in [-0.05, 0) is 67.1 Å². The normalized spacial score (nSPS) is 13.7. The van der Waals surface area contributed by atoms with Gasteiger partial charge in [0.05, 0.1) is 17.7 Å². The molecule has 4 rings (SSSR count). The molecule has 0 saturated carbocycles. The number of ether oxygens (including phenoxy) is 3. The molecule has 1 heterocycles. The Morgan fingerprint density at radius 1 is 1.00 bits per heavy atom. The van der Waals surface area contributed by atoms with E-state index in [2.05, 4.69) is 0 Å². The lowest BCUT2D eigenvalue weighted by atomic mass is 10.1. The van der Waals surface area contributed by atoms with Crippen LogP contribution >= 0.6 is 11.6 Å². The van der Waals surface area contributed by atoms with Crippen molar-refractivity contribution in [2.24, 2.45) is 0 Å². The van der Waals surface area contributed by atoms with Crippen molar-refractivity contribution in [2.45, 2.75) is 6.92 Å². The Morgan fingerprint density at radius 3 is 2.40 bits per heavy atom. The number of carbonyl (C=O) groups is 2. The van der Waals surface area contributed by atoms with Crippen molar-refractivity contribution < 1.29 is 23.8 Å². The van der Waals surface area contributed by atoms with Gasteiger partial charge in [-0.2, -0.15) is 0 Å². The lowest BCUT2D eigenvalue weighted by Gasteiger charge is -2.06. The number of rotatable bonds is 5. The van der Waals surface area contributed by atoms with E-state index in [4.69, 9.17) is 25.8 Å². The molecule has 3 aromatic carbocycles. The number of carbonyl (C=O) groups excluding carboxylic acids is 2. The molecule has 0 amide bonds. The van der Waals surface area contributed by atoms with Crippen molar-refractivity contribution in [2.75, 3.05) is 6.61 Å². The maximum atomic E-state index is 12.6. The second-order valence-corrected chi connectivity index (χ2v) is 6.93. The Balaban J connectivity index is 1.50. The average Bonchev–Trinajstić information content (AvgIpc) is 3.05. The Bertz CT molecular complexity index is 1130. The number of hydrogen-bond donors (Lipinski definition) is 0. The molecule has 30 heavy (non-hydrogen) atoms. The van der Waals surface area contributed by atoms with Crippen LogP contribution < -0.4 is 14.2 Å². The number of benzene rings is 3. The summed E-state index contributed by atoms with van der Waals surface area (Å²) < 4.78 is 16.5. The molecule has 0 saturated heterocycles. The summed E-state index contributed by atoms with van der Waals surface area (Å²) in [6.07, 6.45) is 1.66. The number of allylic oxidation sites excluding steroid dienone is 1. The van der Waals surface area contributed by atoms with Crippen molar-refractivity contribution in [1.82, 2.24) is 0 Å². The molecule has 150 valence electrons. The van der Waals surface area contributed by atoms with Crippen LogP contribution in [0.3, 0.4) is 0 Å². The maximum absolute atomic E-state index is 12.6. The van der Waals surface area contributed by atoms with Crippen molar-refractivity contribution in [3.05, 3.63) is 94.2 Å². The molecule has 0 aromatic heterocycles. The summed E-state index contributed by atoms with van der Waals surface area (Å²) in [6, 6.07) is 18.4. The van der Waals surface area contributed by atoms with Gasteiger partial charge >= 0.3 is 5.97 Å². The molecule has 0 aliphatic carbocycles. The highest BCUT2D eigenvalue weighted by Crippen LogP contribution is 2.35. The van der Waals surface area contributed by atoms with E-state index in [1.807, 2.05) is 31.2 Å². The third-order valence-corrected chi connectivity index (χ3v) is 4.67. The van der Waals surface area contributed by atoms with Crippen LogP contribution in [-0.2, 0) is 0 Å². The molecular formula is C24H17ClO5. The standard InChI is InChI=1S/C24H17ClO5/c1-2-28-18-9-3-15(4-10-18)13-22-23(26)20-12-11-19(14-21(20)30-22)29-24(27)16-5-7-17(25)8-6-16/h3-14H,2H2,1H3. The Hall–Kier alpha value is -3.57. The average molecular weight is 421 g/mol. The van der Waals surface area contributed by atoms with Crippen molar-refractivity contribution >= 4 is 29.4 Å². The van der Waals surface area contributed by atoms with E-state index >= 15 is 0 Å². The molecule has 0 N–H and O–H groups in total. The van der Waals surface area contributed by atoms with Crippen molar-refractivity contribution in [1.29, 1.82) is 0 Å². The van der Waals surface area contributed by atoms with E-state index < -0.39 is 5.97 Å². The minimum Gasteiger partial charge on any atom is -0.494 e. The molecule has 0 bridgehead atoms. The Kier molecular flexibility index (Phi) is 5.55. The third-order valence-electron chi connectivity index (χ3n) is 4.42. The highest BCUT2D eigenvalue weighted by Gasteiger charge is 2.28. The van der Waals surface area contributed by atoms with Gasteiger partial charge in [0.1, 0.15) is 17.2 Å². The zero-order valence-corrected chi connectivity index (χ0v) is 16.8. The van der Waals surface area contributed by atoms with Crippen LogP contribution in [0.4, 0.5) is 0 Å². The lowest BCUT2D eigenvalue weighted by Crippen LogP contribution is -2.08. The molecule has 0 spiro atoms. The largest absolute Gasteiger partial charge is 0.494 e. The van der Waals surface area contributed by atoms with Crippen LogP contribution in [0.5, 0.6) is 17.2 Å². The molecule has 0 atom stereocenters. The van der Waals surface area contributed by atoms with E-state index in [9.17, 15) is 9.59 Å². The third kappa shape index (κ3) is 4.21. The molecule has 1 aliphatic rings. The fraction of sp³-hybridized carbons (Fsp3) is 0.0833. The summed E-state index contributed by atoms with van der Waals surface area (Å²) in [5.74, 6) is 0.835. The fourth-order valence-electron chi connectivity index (χ4n) is 2.96. The first kappa shape index (κ1) is 19.7. The predicted molar refractivity (Wildman–Crippen MR) is 113 cm³/mol. The van der Waals surface area contributed by atoms with E-state index in [0.29, 0.717) is 28.5 Å². The maximum Gasteiger partial charge on any atom is 0.343 e. The highest BCUT2D eigenvalue weighted by molar-refractivity contribution is 6.30. The Labute approximate surface area is 178 Å². The van der Waals surface area contributed by atoms with Gasteiger partial charge in [0.25, 0.3) is 0 Å². The first-order chi connectivity index (χ1) is 14.5. The Morgan fingerprint density at radius 2 is 1.70 bits per heavy atom. The number of Topliss-reactive ketones (excluding diaryl/α,β-unsaturated/α-hetero) is 1. The summed E-state index contributed by atoms with van der Waals surface area (Å²) in [7, 11) is 0. The number of esters is 1. The molecule has 0 fully saturated rings. The first-order valence-electron chi connectivity index (χ1n) is 9.32. The summed E-state index contributed by atoms with van der Waals surface area (Å²) in [5, 5.41) is 0.530. The quantitative estimate of drug-likeness (QED) is 0.306. The van der Waals surface area contributed by atoms with Crippen molar-refractivity contribution in [3.8, 4) is 17.2 Å². The molecule has 3 aromatic rings. The second-order valence-electron chi connectivity index (χ2n) is 6.50. The van der Waals surface area contributed by atoms with E-state index in [-0.39, 0.29) is 17.3 Å². The van der Waals surface area contributed by atoms with Gasteiger partial charge in [-0.3, -0.25) is 4.79 Å². The van der Waals surface area contributed by atoms with Crippen LogP contribution in [0.15, 0.2) is 72.5 Å². The van der Waals surface area contributed by atoms with Crippen LogP contribution in [-0.4, -0.2) is 18.4 Å². The van der Waals surface area contributed by atoms with Gasteiger partial charge in [-0.15, -0.1) is 0 Å². The SMILES string of the molecule is CCOc1ccc(C=C2Oc3cc(OC(=O)c4ccc(Cl)cc4)ccc3C2=O)cc1. The first-order valence-corrected chi connectivity index (χ1v) is 9.70. The summed E-state index contributed by atoms with van der Waals surface area (Å²) in [6.45, 7) is 2.50. The van der Waals surface area contributed by atoms with E-state index in [1.165, 1.54) is 6.07 Å². The number of hydrogen-bond acceptors (Lipinski definition) is 5. The molecule has 1 aliphatic heterocycles. The molecule has 0 unspecified atom stereocenters. The fourth-order valence-corrected chi connectivity index (χ4v) is 3.09.